The molecule has 18 heavy (non-hydrogen) atoms. The zero-order valence-electron chi connectivity index (χ0n) is 12.1. The molecular weight excluding hydrogens is 222 g/mol. The minimum absolute atomic E-state index is 0.729. The predicted molar refractivity (Wildman–Crippen MR) is 78.0 cm³/mol. The summed E-state index contributed by atoms with van der Waals surface area (Å²) in [5.41, 5.74) is 0. The van der Waals surface area contributed by atoms with E-state index in [-0.39, 0.29) is 0 Å². The van der Waals surface area contributed by atoms with Crippen molar-refractivity contribution in [2.75, 3.05) is 19.7 Å². The molecule has 0 aliphatic heterocycles. The van der Waals surface area contributed by atoms with Gasteiger partial charge >= 0.3 is 0 Å². The molecule has 1 N–H and O–H groups in total. The fraction of sp³-hybridized carbons (Fsp3) is 0.625. The van der Waals surface area contributed by atoms with Crippen LogP contribution in [0.25, 0.3) is 0 Å². The van der Waals surface area contributed by atoms with E-state index in [0.717, 1.165) is 43.2 Å². The Labute approximate surface area is 112 Å². The number of nitrogens with one attached hydrogen (secondary N) is 1. The van der Waals surface area contributed by atoms with Crippen LogP contribution in [0.4, 0.5) is 0 Å². The van der Waals surface area contributed by atoms with E-state index in [9.17, 15) is 0 Å². The van der Waals surface area contributed by atoms with Gasteiger partial charge in [0.25, 0.3) is 0 Å². The van der Waals surface area contributed by atoms with E-state index in [0.29, 0.717) is 0 Å². The highest BCUT2D eigenvalue weighted by molar-refractivity contribution is 5.20. The predicted octanol–water partition coefficient (Wildman–Crippen LogP) is 3.58. The van der Waals surface area contributed by atoms with Crippen LogP contribution < -0.4 is 10.1 Å². The summed E-state index contributed by atoms with van der Waals surface area (Å²) in [6.45, 7) is 11.9. The molecule has 0 saturated heterocycles. The lowest BCUT2D eigenvalue weighted by molar-refractivity contribution is 0.259. The zero-order chi connectivity index (χ0) is 13.4. The molecule has 0 heterocycles. The Kier molecular flexibility index (Phi) is 6.81. The minimum Gasteiger partial charge on any atom is -0.492 e. The van der Waals surface area contributed by atoms with Crippen LogP contribution in [0, 0.1) is 17.8 Å². The summed E-state index contributed by atoms with van der Waals surface area (Å²) < 4.78 is 5.65. The highest BCUT2D eigenvalue weighted by Crippen LogP contribution is 2.19. The first-order chi connectivity index (χ1) is 8.61. The first-order valence-electron chi connectivity index (χ1n) is 6.99. The summed E-state index contributed by atoms with van der Waals surface area (Å²) in [6.07, 6.45) is 0. The monoisotopic (exact) mass is 249 g/mol. The maximum Gasteiger partial charge on any atom is 0.119 e. The molecule has 0 atom stereocenters. The zero-order valence-corrected chi connectivity index (χ0v) is 12.1. The molecule has 0 unspecified atom stereocenters. The molecule has 0 spiro atoms. The van der Waals surface area contributed by atoms with Gasteiger partial charge in [0.15, 0.2) is 0 Å². The Morgan fingerprint density at radius 3 is 2.17 bits per heavy atom. The molecule has 0 aromatic heterocycles. The van der Waals surface area contributed by atoms with Crippen molar-refractivity contribution >= 4 is 0 Å². The third-order valence-electron chi connectivity index (χ3n) is 3.38. The fourth-order valence-electron chi connectivity index (χ4n) is 2.27. The summed E-state index contributed by atoms with van der Waals surface area (Å²) in [6, 6.07) is 9.98. The maximum absolute atomic E-state index is 5.65. The average molecular weight is 249 g/mol. The van der Waals surface area contributed by atoms with Crippen molar-refractivity contribution in [3.63, 3.8) is 0 Å². The molecule has 1 aromatic carbocycles. The van der Waals surface area contributed by atoms with Gasteiger partial charge in [0.1, 0.15) is 12.4 Å². The molecule has 0 amide bonds. The Balaban J connectivity index is 2.15. The topological polar surface area (TPSA) is 21.3 Å². The number of para-hydroxylation sites is 1. The number of benzene rings is 1. The van der Waals surface area contributed by atoms with Crippen molar-refractivity contribution in [1.29, 1.82) is 0 Å². The minimum atomic E-state index is 0.729. The number of ether oxygens (including phenoxy) is 1. The van der Waals surface area contributed by atoms with Gasteiger partial charge in [-0.1, -0.05) is 45.9 Å². The van der Waals surface area contributed by atoms with Crippen LogP contribution >= 0.6 is 0 Å². The van der Waals surface area contributed by atoms with Gasteiger partial charge in [-0.3, -0.25) is 0 Å². The normalized spacial score (nSPS) is 11.5. The van der Waals surface area contributed by atoms with Crippen LogP contribution in [0.5, 0.6) is 5.75 Å². The molecule has 0 radical (unpaired) electrons. The second-order valence-electron chi connectivity index (χ2n) is 5.52. The molecular formula is C16H27NO. The van der Waals surface area contributed by atoms with Crippen LogP contribution in [-0.4, -0.2) is 19.7 Å². The van der Waals surface area contributed by atoms with Crippen molar-refractivity contribution in [2.45, 2.75) is 27.7 Å². The van der Waals surface area contributed by atoms with Crippen LogP contribution in [0.15, 0.2) is 30.3 Å². The lowest BCUT2D eigenvalue weighted by Gasteiger charge is -2.25. The summed E-state index contributed by atoms with van der Waals surface area (Å²) >= 11 is 0. The lowest BCUT2D eigenvalue weighted by Crippen LogP contribution is -2.32. The van der Waals surface area contributed by atoms with Gasteiger partial charge in [-0.25, -0.2) is 0 Å². The Hall–Kier alpha value is -1.02. The van der Waals surface area contributed by atoms with Crippen molar-refractivity contribution in [3.05, 3.63) is 30.3 Å². The summed E-state index contributed by atoms with van der Waals surface area (Å²) in [5.74, 6) is 3.14. The van der Waals surface area contributed by atoms with E-state index in [1.807, 2.05) is 30.3 Å². The van der Waals surface area contributed by atoms with E-state index in [4.69, 9.17) is 4.74 Å². The molecule has 0 bridgehead atoms. The molecule has 0 aliphatic carbocycles. The molecule has 0 fully saturated rings. The second-order valence-corrected chi connectivity index (χ2v) is 5.52. The average Bonchev–Trinajstić information content (AvgIpc) is 2.34. The maximum atomic E-state index is 5.65. The fourth-order valence-corrected chi connectivity index (χ4v) is 2.27. The third kappa shape index (κ3) is 5.54. The summed E-state index contributed by atoms with van der Waals surface area (Å²) in [7, 11) is 0. The van der Waals surface area contributed by atoms with Gasteiger partial charge in [-0.2, -0.15) is 0 Å². The number of hydrogen-bond acceptors (Lipinski definition) is 2. The smallest absolute Gasteiger partial charge is 0.119 e. The third-order valence-corrected chi connectivity index (χ3v) is 3.38. The van der Waals surface area contributed by atoms with E-state index in [2.05, 4.69) is 33.0 Å². The van der Waals surface area contributed by atoms with E-state index < -0.39 is 0 Å². The van der Waals surface area contributed by atoms with Crippen molar-refractivity contribution in [1.82, 2.24) is 5.32 Å². The van der Waals surface area contributed by atoms with E-state index in [1.54, 1.807) is 0 Å². The first-order valence-corrected chi connectivity index (χ1v) is 6.99. The van der Waals surface area contributed by atoms with Crippen LogP contribution in [-0.2, 0) is 0 Å². The van der Waals surface area contributed by atoms with Gasteiger partial charge in [-0.15, -0.1) is 0 Å². The molecule has 2 heteroatoms. The summed E-state index contributed by atoms with van der Waals surface area (Å²) in [5, 5.41) is 3.49. The molecule has 1 rings (SSSR count). The highest BCUT2D eigenvalue weighted by Gasteiger charge is 2.16. The van der Waals surface area contributed by atoms with Gasteiger partial charge in [0.2, 0.25) is 0 Å². The van der Waals surface area contributed by atoms with Gasteiger partial charge in [-0.05, 0) is 36.4 Å². The van der Waals surface area contributed by atoms with Gasteiger partial charge in [0, 0.05) is 6.54 Å². The highest BCUT2D eigenvalue weighted by atomic mass is 16.5. The first kappa shape index (κ1) is 15.0. The standard InChI is InChI=1S/C16H27NO/c1-13(2)16(14(3)4)12-17-10-11-18-15-8-6-5-7-9-15/h5-9,13-14,16-17H,10-12H2,1-4H3. The van der Waals surface area contributed by atoms with E-state index >= 15 is 0 Å². The quantitative estimate of drug-likeness (QED) is 0.711. The lowest BCUT2D eigenvalue weighted by atomic mass is 9.85. The number of rotatable bonds is 8. The Bertz CT molecular complexity index is 300. The van der Waals surface area contributed by atoms with Gasteiger partial charge < -0.3 is 10.1 Å². The van der Waals surface area contributed by atoms with Crippen molar-refractivity contribution in [3.8, 4) is 5.75 Å². The van der Waals surface area contributed by atoms with E-state index in [1.165, 1.54) is 0 Å². The van der Waals surface area contributed by atoms with Gasteiger partial charge in [0.05, 0.1) is 0 Å². The SMILES string of the molecule is CC(C)C(CNCCOc1ccccc1)C(C)C. The number of hydrogen-bond donors (Lipinski definition) is 1. The molecule has 0 aliphatic rings. The second kappa shape index (κ2) is 8.15. The Morgan fingerprint density at radius 1 is 1.00 bits per heavy atom. The molecule has 0 saturated carbocycles. The van der Waals surface area contributed by atoms with Crippen molar-refractivity contribution < 1.29 is 4.74 Å². The Morgan fingerprint density at radius 2 is 1.61 bits per heavy atom. The van der Waals surface area contributed by atoms with Crippen LogP contribution in [0.2, 0.25) is 0 Å². The largest absolute Gasteiger partial charge is 0.492 e. The summed E-state index contributed by atoms with van der Waals surface area (Å²) in [4.78, 5) is 0. The van der Waals surface area contributed by atoms with Crippen molar-refractivity contribution in [2.24, 2.45) is 17.8 Å². The van der Waals surface area contributed by atoms with Crippen LogP contribution in [0.3, 0.4) is 0 Å². The van der Waals surface area contributed by atoms with Crippen LogP contribution in [0.1, 0.15) is 27.7 Å². The molecule has 102 valence electrons. The molecule has 2 nitrogen and oxygen atoms in total. The molecule has 1 aromatic rings.